The first kappa shape index (κ1) is 6.74. The van der Waals surface area contributed by atoms with Gasteiger partial charge in [-0.25, -0.2) is 0 Å². The van der Waals surface area contributed by atoms with Crippen molar-refractivity contribution >= 4 is 0 Å². The third-order valence-corrected chi connectivity index (χ3v) is 0.710. The molecule has 0 aromatic carbocycles. The molecule has 0 radical (unpaired) electrons. The van der Waals surface area contributed by atoms with Crippen molar-refractivity contribution in [1.82, 2.24) is 0 Å². The zero-order valence-electron chi connectivity index (χ0n) is 4.28. The summed E-state index contributed by atoms with van der Waals surface area (Å²) in [6.45, 7) is 0.238. The average Bonchev–Trinajstić information content (AvgIpc) is 1.69. The summed E-state index contributed by atoms with van der Waals surface area (Å²) in [5.74, 6) is 2.24. The summed E-state index contributed by atoms with van der Waals surface area (Å²) in [6, 6.07) is 0. The molecule has 0 aliphatic carbocycles. The molecule has 38 valence electrons. The van der Waals surface area contributed by atoms with Crippen LogP contribution in [0.5, 0.6) is 0 Å². The first-order chi connectivity index (χ1) is 3.41. The van der Waals surface area contributed by atoms with Gasteiger partial charge in [-0.15, -0.1) is 0 Å². The molecule has 0 aliphatic heterocycles. The van der Waals surface area contributed by atoms with Crippen molar-refractivity contribution in [3.8, 4) is 5.92 Å². The van der Waals surface area contributed by atoms with Crippen LogP contribution in [0.15, 0.2) is 0 Å². The second kappa shape index (κ2) is 5.74. The van der Waals surface area contributed by atoms with Gasteiger partial charge in [0.25, 0.3) is 0 Å². The Morgan fingerprint density at radius 1 is 1.43 bits per heavy atom. The van der Waals surface area contributed by atoms with E-state index in [-0.39, 0.29) is 6.61 Å². The molecule has 0 atom stereocenters. The molecule has 7 heavy (non-hydrogen) atoms. The van der Waals surface area contributed by atoms with Crippen LogP contribution in [0.1, 0.15) is 19.3 Å². The molecule has 0 amide bonds. The predicted octanol–water partition coefficient (Wildman–Crippen LogP) is 0.739. The monoisotopic (exact) mass is 97.1 g/mol. The van der Waals surface area contributed by atoms with Crippen molar-refractivity contribution in [1.29, 1.82) is 0 Å². The van der Waals surface area contributed by atoms with Gasteiger partial charge in [0.05, 0.1) is 0 Å². The number of hydrogen-bond acceptors (Lipinski definition) is 1. The van der Waals surface area contributed by atoms with E-state index >= 15 is 0 Å². The molecule has 0 aliphatic rings. The van der Waals surface area contributed by atoms with Crippen LogP contribution in [-0.2, 0) is 0 Å². The van der Waals surface area contributed by atoms with E-state index in [1.54, 1.807) is 0 Å². The number of hydrogen-bond donors (Lipinski definition) is 1. The van der Waals surface area contributed by atoms with Crippen LogP contribution in [0.4, 0.5) is 0 Å². The van der Waals surface area contributed by atoms with Gasteiger partial charge in [-0.1, -0.05) is 0 Å². The fourth-order valence-electron chi connectivity index (χ4n) is 0.325. The Bertz CT molecular complexity index is 61.1. The summed E-state index contributed by atoms with van der Waals surface area (Å²) in [5, 5.41) is 8.20. The van der Waals surface area contributed by atoms with Crippen molar-refractivity contribution < 1.29 is 5.11 Å². The van der Waals surface area contributed by atoms with Gasteiger partial charge in [0.15, 0.2) is 0 Å². The molecule has 0 saturated heterocycles. The Kier molecular flexibility index (Phi) is 5.53. The van der Waals surface area contributed by atoms with Crippen LogP contribution in [0, 0.1) is 12.3 Å². The van der Waals surface area contributed by atoms with Gasteiger partial charge in [0, 0.05) is 0 Å². The van der Waals surface area contributed by atoms with Crippen LogP contribution >= 0.6 is 0 Å². The molecule has 0 aromatic heterocycles. The zero-order valence-corrected chi connectivity index (χ0v) is 4.28. The standard InChI is InChI=1S/C6H9O/c1-2-3-4-5-6-7/h7H,3-6H2/q+1. The van der Waals surface area contributed by atoms with Crippen LogP contribution in [0.25, 0.3) is 0 Å². The third kappa shape index (κ3) is 5.74. The summed E-state index contributed by atoms with van der Waals surface area (Å²) in [6.07, 6.45) is 8.82. The van der Waals surface area contributed by atoms with Crippen LogP contribution in [0.2, 0.25) is 0 Å². The van der Waals surface area contributed by atoms with Gasteiger partial charge in [-0.2, -0.15) is 0 Å². The molecule has 0 fully saturated rings. The van der Waals surface area contributed by atoms with Gasteiger partial charge < -0.3 is 0 Å². The van der Waals surface area contributed by atoms with Crippen LogP contribution in [0.3, 0.4) is 0 Å². The molecule has 1 nitrogen and oxygen atoms in total. The summed E-state index contributed by atoms with van der Waals surface area (Å²) in [7, 11) is 0. The molecular formula is C6H9O+. The van der Waals surface area contributed by atoms with E-state index in [9.17, 15) is 0 Å². The van der Waals surface area contributed by atoms with Gasteiger partial charge in [0.1, 0.15) is 0 Å². The molecule has 0 rings (SSSR count). The van der Waals surface area contributed by atoms with E-state index in [1.165, 1.54) is 0 Å². The molecule has 0 heterocycles. The van der Waals surface area contributed by atoms with Gasteiger partial charge in [0.2, 0.25) is 0 Å². The zero-order chi connectivity index (χ0) is 5.54. The van der Waals surface area contributed by atoms with E-state index in [1.807, 2.05) is 0 Å². The summed E-state index contributed by atoms with van der Waals surface area (Å²) < 4.78 is 0. The van der Waals surface area contributed by atoms with Crippen LogP contribution < -0.4 is 0 Å². The summed E-state index contributed by atoms with van der Waals surface area (Å²) >= 11 is 0. The fraction of sp³-hybridized carbons (Fsp3) is 0.667. The minimum absolute atomic E-state index is 0.238. The van der Waals surface area contributed by atoms with E-state index in [0.29, 0.717) is 6.42 Å². The fourth-order valence-corrected chi connectivity index (χ4v) is 0.325. The maximum atomic E-state index is 8.20. The van der Waals surface area contributed by atoms with E-state index in [4.69, 9.17) is 11.5 Å². The van der Waals surface area contributed by atoms with Crippen molar-refractivity contribution in [3.63, 3.8) is 0 Å². The van der Waals surface area contributed by atoms with Gasteiger partial charge >= 0.3 is 43.3 Å². The second-order valence-electron chi connectivity index (χ2n) is 1.36. The quantitative estimate of drug-likeness (QED) is 0.313. The van der Waals surface area contributed by atoms with Crippen LogP contribution in [-0.4, -0.2) is 11.7 Å². The van der Waals surface area contributed by atoms with Crippen molar-refractivity contribution in [2.24, 2.45) is 0 Å². The van der Waals surface area contributed by atoms with E-state index in [2.05, 4.69) is 5.92 Å². The number of unbranched alkanes of at least 4 members (excludes halogenated alkanes) is 2. The predicted molar refractivity (Wildman–Crippen MR) is 28.1 cm³/mol. The summed E-state index contributed by atoms with van der Waals surface area (Å²) in [5.41, 5.74) is 0. The Balaban J connectivity index is 2.60. The molecule has 0 saturated carbocycles. The Morgan fingerprint density at radius 3 is 2.57 bits per heavy atom. The number of aliphatic hydroxyl groups excluding tert-OH is 1. The Hall–Kier alpha value is -0.260. The molecule has 0 aromatic rings. The SMILES string of the molecule is [C+]#CCCCCO. The van der Waals surface area contributed by atoms with Crippen molar-refractivity contribution in [2.75, 3.05) is 6.61 Å². The normalized spacial score (nSPS) is 8.43. The minimum atomic E-state index is 0.238. The molecular weight excluding hydrogens is 88.1 g/mol. The summed E-state index contributed by atoms with van der Waals surface area (Å²) in [4.78, 5) is 0. The second-order valence-corrected chi connectivity index (χ2v) is 1.36. The first-order valence-electron chi connectivity index (χ1n) is 2.42. The third-order valence-electron chi connectivity index (χ3n) is 0.710. The van der Waals surface area contributed by atoms with Crippen molar-refractivity contribution in [2.45, 2.75) is 19.3 Å². The number of aliphatic hydroxyl groups is 1. The number of rotatable bonds is 3. The van der Waals surface area contributed by atoms with Gasteiger partial charge in [-0.05, 0) is 0 Å². The van der Waals surface area contributed by atoms with E-state index < -0.39 is 0 Å². The van der Waals surface area contributed by atoms with E-state index in [0.717, 1.165) is 12.8 Å². The average molecular weight is 97.1 g/mol. The molecule has 1 heteroatoms. The van der Waals surface area contributed by atoms with Gasteiger partial charge in [-0.3, -0.25) is 0 Å². The first-order valence-corrected chi connectivity index (χ1v) is 2.42. The van der Waals surface area contributed by atoms with Crippen molar-refractivity contribution in [3.05, 3.63) is 6.42 Å². The molecule has 1 N–H and O–H groups in total. The Morgan fingerprint density at radius 2 is 2.14 bits per heavy atom. The molecule has 0 spiro atoms. The topological polar surface area (TPSA) is 20.2 Å². The Labute approximate surface area is 44.4 Å². The molecule has 0 unspecified atom stereocenters. The maximum absolute atomic E-state index is 8.20. The molecule has 0 bridgehead atoms.